The van der Waals surface area contributed by atoms with Crippen molar-refractivity contribution in [3.8, 4) is 0 Å². The lowest BCUT2D eigenvalue weighted by atomic mass is 9.95. The summed E-state index contributed by atoms with van der Waals surface area (Å²) in [4.78, 5) is 54.6. The maximum Gasteiger partial charge on any atom is 0.408 e. The molecule has 0 unspecified atom stereocenters. The number of hydrogen-bond acceptors (Lipinski definition) is 6. The van der Waals surface area contributed by atoms with E-state index in [0.717, 1.165) is 12.0 Å². The maximum atomic E-state index is 13.2. The molecule has 9 heteroatoms. The van der Waals surface area contributed by atoms with Crippen molar-refractivity contribution in [1.29, 1.82) is 0 Å². The predicted molar refractivity (Wildman–Crippen MR) is 155 cm³/mol. The minimum atomic E-state index is -0.992. The van der Waals surface area contributed by atoms with Crippen molar-refractivity contribution >= 4 is 23.9 Å². The van der Waals surface area contributed by atoms with Crippen LogP contribution in [0.5, 0.6) is 0 Å². The third-order valence-corrected chi connectivity index (χ3v) is 6.62. The molecule has 3 amide bonds. The van der Waals surface area contributed by atoms with Crippen molar-refractivity contribution in [2.45, 2.75) is 92.2 Å². The molecule has 0 radical (unpaired) electrons. The van der Waals surface area contributed by atoms with E-state index in [4.69, 9.17) is 9.47 Å². The summed E-state index contributed by atoms with van der Waals surface area (Å²) in [7, 11) is 0. The molecule has 9 nitrogen and oxygen atoms in total. The normalized spacial score (nSPS) is 15.6. The summed E-state index contributed by atoms with van der Waals surface area (Å²) >= 11 is 0. The Morgan fingerprint density at radius 1 is 0.875 bits per heavy atom. The Bertz CT molecular complexity index is 991. The fraction of sp³-hybridized carbons (Fsp3) is 0.677. The Kier molecular flexibility index (Phi) is 12.5. The van der Waals surface area contributed by atoms with E-state index in [2.05, 4.69) is 31.3 Å². The summed E-state index contributed by atoms with van der Waals surface area (Å²) < 4.78 is 10.6. The van der Waals surface area contributed by atoms with Crippen LogP contribution in [0.2, 0.25) is 0 Å². The number of rotatable bonds is 11. The molecule has 1 N–H and O–H groups in total. The second-order valence-corrected chi connectivity index (χ2v) is 12.5. The molecule has 0 saturated carbocycles. The zero-order chi connectivity index (χ0) is 30.0. The van der Waals surface area contributed by atoms with E-state index in [-0.39, 0.29) is 43.1 Å². The van der Waals surface area contributed by atoms with Gasteiger partial charge >= 0.3 is 12.1 Å². The van der Waals surface area contributed by atoms with Crippen LogP contribution in [0.1, 0.15) is 85.3 Å². The third-order valence-electron chi connectivity index (χ3n) is 6.62. The smallest absolute Gasteiger partial charge is 0.408 e. The van der Waals surface area contributed by atoms with Crippen molar-refractivity contribution < 1.29 is 28.7 Å². The van der Waals surface area contributed by atoms with Crippen LogP contribution in [0.4, 0.5) is 4.79 Å². The number of benzene rings is 1. The maximum absolute atomic E-state index is 13.2. The second kappa shape index (κ2) is 15.1. The highest BCUT2D eigenvalue weighted by molar-refractivity contribution is 5.84. The Hall–Kier alpha value is -3.10. The molecule has 0 spiro atoms. The zero-order valence-corrected chi connectivity index (χ0v) is 25.6. The molecule has 1 saturated heterocycles. The van der Waals surface area contributed by atoms with Crippen LogP contribution >= 0.6 is 0 Å². The molecule has 1 aromatic rings. The van der Waals surface area contributed by atoms with Gasteiger partial charge in [-0.25, -0.2) is 9.59 Å². The van der Waals surface area contributed by atoms with Gasteiger partial charge in [-0.2, -0.15) is 0 Å². The van der Waals surface area contributed by atoms with Crippen molar-refractivity contribution in [2.24, 2.45) is 11.8 Å². The van der Waals surface area contributed by atoms with E-state index in [1.54, 1.807) is 25.7 Å². The largest absolute Gasteiger partial charge is 0.464 e. The van der Waals surface area contributed by atoms with Gasteiger partial charge in [0.25, 0.3) is 0 Å². The van der Waals surface area contributed by atoms with Gasteiger partial charge in [0, 0.05) is 32.6 Å². The van der Waals surface area contributed by atoms with E-state index < -0.39 is 23.7 Å². The van der Waals surface area contributed by atoms with E-state index in [1.165, 1.54) is 5.56 Å². The molecule has 1 aliphatic heterocycles. The Balaban J connectivity index is 1.90. The van der Waals surface area contributed by atoms with E-state index >= 15 is 0 Å². The van der Waals surface area contributed by atoms with E-state index in [1.807, 2.05) is 37.8 Å². The number of hydrogen-bond donors (Lipinski definition) is 1. The van der Waals surface area contributed by atoms with E-state index in [9.17, 15) is 19.2 Å². The summed E-state index contributed by atoms with van der Waals surface area (Å²) in [6.07, 6.45) is 0.431. The highest BCUT2D eigenvalue weighted by Crippen LogP contribution is 2.21. The molecular weight excluding hydrogens is 510 g/mol. The summed E-state index contributed by atoms with van der Waals surface area (Å²) in [6, 6.07) is 7.27. The summed E-state index contributed by atoms with van der Waals surface area (Å²) in [6.45, 7) is 17.3. The second-order valence-electron chi connectivity index (χ2n) is 12.5. The SMILES string of the molecule is CC(C)COC(=O)[C@H](CCC(=O)N1CCN(C(=O)[C@@H](C)c2ccc(CC(C)C)cc2)CC1)NC(=O)OC(C)(C)C. The topological polar surface area (TPSA) is 105 Å². The number of esters is 1. The number of carbonyl (C=O) groups is 4. The Morgan fingerprint density at radius 2 is 1.45 bits per heavy atom. The molecule has 0 aromatic heterocycles. The molecule has 1 heterocycles. The lowest BCUT2D eigenvalue weighted by molar-refractivity contribution is -0.148. The summed E-state index contributed by atoms with van der Waals surface area (Å²) in [5, 5.41) is 2.56. The number of ether oxygens (including phenoxy) is 2. The summed E-state index contributed by atoms with van der Waals surface area (Å²) in [5.74, 6) is -0.207. The minimum Gasteiger partial charge on any atom is -0.464 e. The molecule has 0 aliphatic carbocycles. The number of piperazine rings is 1. The molecule has 40 heavy (non-hydrogen) atoms. The van der Waals surface area contributed by atoms with Crippen molar-refractivity contribution in [2.75, 3.05) is 32.8 Å². The van der Waals surface area contributed by atoms with Crippen LogP contribution in [0.15, 0.2) is 24.3 Å². The van der Waals surface area contributed by atoms with Gasteiger partial charge in [-0.05, 0) is 63.5 Å². The first-order chi connectivity index (χ1) is 18.7. The van der Waals surface area contributed by atoms with Gasteiger partial charge in [-0.15, -0.1) is 0 Å². The fourth-order valence-electron chi connectivity index (χ4n) is 4.48. The lowest BCUT2D eigenvalue weighted by Gasteiger charge is -2.36. The van der Waals surface area contributed by atoms with Gasteiger partial charge < -0.3 is 24.6 Å². The number of nitrogens with one attached hydrogen (secondary N) is 1. The van der Waals surface area contributed by atoms with Crippen LogP contribution in [0.25, 0.3) is 0 Å². The molecule has 2 rings (SSSR count). The minimum absolute atomic E-state index is 0.0539. The quantitative estimate of drug-likeness (QED) is 0.400. The Morgan fingerprint density at radius 3 is 1.98 bits per heavy atom. The van der Waals surface area contributed by atoms with Gasteiger partial charge in [0.05, 0.1) is 12.5 Å². The molecule has 1 fully saturated rings. The number of amides is 3. The predicted octanol–water partition coefficient (Wildman–Crippen LogP) is 4.53. The van der Waals surface area contributed by atoms with Gasteiger partial charge in [-0.1, -0.05) is 52.0 Å². The van der Waals surface area contributed by atoms with Gasteiger partial charge in [0.15, 0.2) is 0 Å². The molecular formula is C31H49N3O6. The molecule has 1 aliphatic rings. The highest BCUT2D eigenvalue weighted by Gasteiger charge is 2.30. The van der Waals surface area contributed by atoms with Gasteiger partial charge in [0.1, 0.15) is 11.6 Å². The van der Waals surface area contributed by atoms with Crippen LogP contribution in [-0.4, -0.2) is 78.1 Å². The van der Waals surface area contributed by atoms with Gasteiger partial charge in [0.2, 0.25) is 11.8 Å². The van der Waals surface area contributed by atoms with Crippen LogP contribution in [0.3, 0.4) is 0 Å². The van der Waals surface area contributed by atoms with Crippen molar-refractivity contribution in [1.82, 2.24) is 15.1 Å². The van der Waals surface area contributed by atoms with Crippen LogP contribution < -0.4 is 5.32 Å². The molecule has 0 bridgehead atoms. The first-order valence-corrected chi connectivity index (χ1v) is 14.5. The van der Waals surface area contributed by atoms with Crippen LogP contribution in [0, 0.1) is 11.8 Å². The third kappa shape index (κ3) is 11.2. The first-order valence-electron chi connectivity index (χ1n) is 14.5. The molecule has 1 aromatic carbocycles. The number of nitrogens with zero attached hydrogens (tertiary/aromatic N) is 2. The van der Waals surface area contributed by atoms with Gasteiger partial charge in [-0.3, -0.25) is 9.59 Å². The first kappa shape index (κ1) is 33.1. The van der Waals surface area contributed by atoms with Crippen molar-refractivity contribution in [3.63, 3.8) is 0 Å². The lowest BCUT2D eigenvalue weighted by Crippen LogP contribution is -2.52. The summed E-state index contributed by atoms with van der Waals surface area (Å²) in [5.41, 5.74) is 1.53. The van der Waals surface area contributed by atoms with Crippen LogP contribution in [-0.2, 0) is 30.3 Å². The molecule has 2 atom stereocenters. The molecule has 224 valence electrons. The van der Waals surface area contributed by atoms with Crippen molar-refractivity contribution in [3.05, 3.63) is 35.4 Å². The fourth-order valence-corrected chi connectivity index (χ4v) is 4.48. The van der Waals surface area contributed by atoms with E-state index in [0.29, 0.717) is 32.1 Å². The monoisotopic (exact) mass is 559 g/mol. The number of alkyl carbamates (subject to hydrolysis) is 1. The zero-order valence-electron chi connectivity index (χ0n) is 25.6. The highest BCUT2D eigenvalue weighted by atomic mass is 16.6. The Labute approximate surface area is 239 Å². The average molecular weight is 560 g/mol. The standard InChI is InChI=1S/C31H49N3O6/c1-21(2)19-24-9-11-25(12-10-24)23(5)28(36)34-17-15-33(16-18-34)27(35)14-13-26(29(37)39-20-22(3)4)32-30(38)40-31(6,7)8/h9-12,21-23,26H,13-20H2,1-8H3,(H,32,38)/t23-,26-/m0/s1. The number of carbonyl (C=O) groups excluding carboxylic acids is 4. The average Bonchev–Trinajstić information content (AvgIpc) is 2.87.